The lowest BCUT2D eigenvalue weighted by molar-refractivity contribution is -0.0966. The van der Waals surface area contributed by atoms with Crippen LogP contribution in [0.4, 0.5) is 5.82 Å². The van der Waals surface area contributed by atoms with Crippen molar-refractivity contribution in [3.63, 3.8) is 0 Å². The summed E-state index contributed by atoms with van der Waals surface area (Å²) in [7, 11) is 0.731. The first-order valence-electron chi connectivity index (χ1n) is 18.8. The van der Waals surface area contributed by atoms with Gasteiger partial charge in [-0.25, -0.2) is 9.97 Å². The van der Waals surface area contributed by atoms with Crippen LogP contribution in [0, 0.1) is 0 Å². The summed E-state index contributed by atoms with van der Waals surface area (Å²) in [4.78, 5) is 21.9. The second kappa shape index (κ2) is 16.2. The Morgan fingerprint density at radius 1 is 0.825 bits per heavy atom. The van der Waals surface area contributed by atoms with Gasteiger partial charge in [-0.05, 0) is 71.2 Å². The maximum atomic E-state index is 13.1. The van der Waals surface area contributed by atoms with Crippen LogP contribution in [-0.2, 0) is 19.5 Å². The van der Waals surface area contributed by atoms with Crippen LogP contribution in [0.1, 0.15) is 54.0 Å². The van der Waals surface area contributed by atoms with Crippen molar-refractivity contribution in [2.24, 2.45) is 0 Å². The highest BCUT2D eigenvalue weighted by atomic mass is 28.4. The van der Waals surface area contributed by atoms with Crippen molar-refractivity contribution in [2.75, 3.05) is 26.1 Å². The molecular formula is C43H48N6O7Si. The first-order chi connectivity index (χ1) is 27.4. The van der Waals surface area contributed by atoms with Crippen LogP contribution < -0.4 is 14.8 Å². The van der Waals surface area contributed by atoms with Crippen LogP contribution in [0.25, 0.3) is 11.2 Å². The number of fused-ring (bicyclic) bond motifs is 1. The molecular weight excluding hydrogens is 741 g/mol. The molecule has 1 amide bonds. The maximum absolute atomic E-state index is 13.1. The second-order valence-electron chi connectivity index (χ2n) is 15.5. The summed E-state index contributed by atoms with van der Waals surface area (Å²) in [6.07, 6.45) is -2.55. The number of benzene rings is 4. The first kappa shape index (κ1) is 39.7. The highest BCUT2D eigenvalue weighted by Crippen LogP contribution is 2.45. The fourth-order valence-corrected chi connectivity index (χ4v) is 8.06. The van der Waals surface area contributed by atoms with Gasteiger partial charge in [0, 0.05) is 5.56 Å². The van der Waals surface area contributed by atoms with E-state index in [0.29, 0.717) is 22.7 Å². The van der Waals surface area contributed by atoms with Gasteiger partial charge in [-0.2, -0.15) is 4.68 Å². The predicted molar refractivity (Wildman–Crippen MR) is 218 cm³/mol. The molecule has 4 aromatic carbocycles. The summed E-state index contributed by atoms with van der Waals surface area (Å²) in [6, 6.07) is 34.2. The van der Waals surface area contributed by atoms with E-state index < -0.39 is 38.5 Å². The number of carbonyl (C=O) groups excluding carboxylic acids is 1. The third-order valence-corrected chi connectivity index (χ3v) is 15.4. The highest BCUT2D eigenvalue weighted by molar-refractivity contribution is 6.74. The molecule has 1 saturated heterocycles. The lowest BCUT2D eigenvalue weighted by Crippen LogP contribution is -2.49. The van der Waals surface area contributed by atoms with Crippen LogP contribution >= 0.6 is 0 Å². The van der Waals surface area contributed by atoms with Gasteiger partial charge in [0.25, 0.3) is 5.91 Å². The molecule has 0 spiro atoms. The predicted octanol–water partition coefficient (Wildman–Crippen LogP) is 7.15. The molecule has 2 aromatic heterocycles. The topological polar surface area (TPSA) is 152 Å². The third-order valence-electron chi connectivity index (χ3n) is 11.0. The molecule has 2 N–H and O–H groups in total. The van der Waals surface area contributed by atoms with E-state index in [-0.39, 0.29) is 28.9 Å². The van der Waals surface area contributed by atoms with Gasteiger partial charge in [0.05, 0.1) is 20.8 Å². The molecule has 0 aliphatic carbocycles. The van der Waals surface area contributed by atoms with E-state index in [4.69, 9.17) is 23.4 Å². The van der Waals surface area contributed by atoms with E-state index in [0.717, 1.165) is 16.7 Å². The zero-order valence-electron chi connectivity index (χ0n) is 33.1. The van der Waals surface area contributed by atoms with E-state index >= 15 is 0 Å². The average molecular weight is 789 g/mol. The summed E-state index contributed by atoms with van der Waals surface area (Å²) in [5.74, 6) is 1.23. The van der Waals surface area contributed by atoms with Gasteiger partial charge < -0.3 is 33.8 Å². The number of nitrogens with zero attached hydrogens (tertiary/aromatic N) is 5. The van der Waals surface area contributed by atoms with Gasteiger partial charge in [-0.15, -0.1) is 5.10 Å². The molecule has 14 heteroatoms. The number of aromatic nitrogens is 5. The van der Waals surface area contributed by atoms with Crippen molar-refractivity contribution >= 4 is 31.2 Å². The summed E-state index contributed by atoms with van der Waals surface area (Å²) in [5, 5.41) is 23.8. The number of anilines is 1. The first-order valence-corrected chi connectivity index (χ1v) is 21.7. The van der Waals surface area contributed by atoms with E-state index in [1.54, 1.807) is 38.5 Å². The molecule has 13 nitrogen and oxygen atoms in total. The zero-order valence-corrected chi connectivity index (χ0v) is 34.1. The number of aliphatic hydroxyl groups is 1. The minimum Gasteiger partial charge on any atom is -0.497 e. The molecule has 0 bridgehead atoms. The van der Waals surface area contributed by atoms with Gasteiger partial charge in [0.1, 0.15) is 41.7 Å². The van der Waals surface area contributed by atoms with Crippen molar-refractivity contribution in [1.29, 1.82) is 0 Å². The van der Waals surface area contributed by atoms with Crippen molar-refractivity contribution in [3.05, 3.63) is 138 Å². The maximum Gasteiger partial charge on any atom is 0.256 e. The summed E-state index contributed by atoms with van der Waals surface area (Å²) in [6.45, 7) is 10.6. The van der Waals surface area contributed by atoms with E-state index in [9.17, 15) is 9.90 Å². The summed E-state index contributed by atoms with van der Waals surface area (Å²) in [5.41, 5.74) is 2.39. The molecule has 0 radical (unpaired) electrons. The molecule has 3 heterocycles. The van der Waals surface area contributed by atoms with Crippen molar-refractivity contribution in [3.8, 4) is 11.5 Å². The zero-order chi connectivity index (χ0) is 40.4. The molecule has 6 aromatic rings. The lowest BCUT2D eigenvalue weighted by atomic mass is 9.80. The molecule has 7 rings (SSSR count). The Morgan fingerprint density at radius 2 is 1.39 bits per heavy atom. The summed E-state index contributed by atoms with van der Waals surface area (Å²) < 4.78 is 33.4. The quantitative estimate of drug-likeness (QED) is 0.0907. The van der Waals surface area contributed by atoms with Gasteiger partial charge in [-0.1, -0.05) is 98.8 Å². The molecule has 296 valence electrons. The number of ether oxygens (including phenoxy) is 4. The van der Waals surface area contributed by atoms with Crippen molar-refractivity contribution < 1.29 is 33.3 Å². The molecule has 0 unspecified atom stereocenters. The van der Waals surface area contributed by atoms with E-state index in [1.165, 1.54) is 11.0 Å². The number of aliphatic hydroxyl groups excluding tert-OH is 1. The van der Waals surface area contributed by atoms with Gasteiger partial charge in [-0.3, -0.25) is 4.79 Å². The molecule has 0 saturated carbocycles. The Kier molecular flexibility index (Phi) is 11.3. The largest absolute Gasteiger partial charge is 0.497 e. The number of hydrogen-bond acceptors (Lipinski definition) is 11. The molecule has 4 atom stereocenters. The molecule has 1 aliphatic rings. The number of amides is 1. The van der Waals surface area contributed by atoms with Crippen LogP contribution in [0.5, 0.6) is 11.5 Å². The Labute approximate surface area is 333 Å². The van der Waals surface area contributed by atoms with Gasteiger partial charge >= 0.3 is 0 Å². The van der Waals surface area contributed by atoms with Gasteiger partial charge in [0.2, 0.25) is 0 Å². The van der Waals surface area contributed by atoms with Crippen LogP contribution in [0.15, 0.2) is 116 Å². The van der Waals surface area contributed by atoms with Gasteiger partial charge in [0.15, 0.2) is 31.5 Å². The Morgan fingerprint density at radius 3 is 1.95 bits per heavy atom. The highest BCUT2D eigenvalue weighted by Gasteiger charge is 2.52. The average Bonchev–Trinajstić information content (AvgIpc) is 3.79. The smallest absolute Gasteiger partial charge is 0.256 e. The fourth-order valence-electron chi connectivity index (χ4n) is 6.77. The normalized spacial score (nSPS) is 18.7. The number of hydrogen-bond donors (Lipinski definition) is 2. The Hall–Kier alpha value is -5.51. The Balaban J connectivity index is 1.28. The molecule has 57 heavy (non-hydrogen) atoms. The lowest BCUT2D eigenvalue weighted by Gasteiger charge is -2.40. The van der Waals surface area contributed by atoms with Crippen LogP contribution in [-0.4, -0.2) is 83.4 Å². The SMILES string of the molecule is COc1ccc(C(OC[C@H]2O[C@@H](n3nnc4c(NC(=O)c5ccccc5)ncnc43)[C@H](O[Si](C)(C)C(C)(C)C)[C@H]2O)(c2ccccc2)c2ccc(OC)cc2)cc1. The number of methoxy groups -OCH3 is 2. The second-order valence-corrected chi connectivity index (χ2v) is 20.2. The number of nitrogens with one attached hydrogen (secondary N) is 1. The van der Waals surface area contributed by atoms with E-state index in [2.05, 4.69) is 59.5 Å². The number of carbonyl (C=O) groups is 1. The van der Waals surface area contributed by atoms with Crippen molar-refractivity contribution in [2.45, 2.75) is 69.0 Å². The fraction of sp³-hybridized carbons (Fsp3) is 0.326. The third kappa shape index (κ3) is 7.78. The minimum absolute atomic E-state index is 0.0536. The molecule has 1 fully saturated rings. The summed E-state index contributed by atoms with van der Waals surface area (Å²) >= 11 is 0. The Bertz CT molecular complexity index is 2240. The van der Waals surface area contributed by atoms with E-state index in [1.807, 2.05) is 84.9 Å². The van der Waals surface area contributed by atoms with Crippen LogP contribution in [0.3, 0.4) is 0 Å². The number of rotatable bonds is 13. The van der Waals surface area contributed by atoms with Crippen molar-refractivity contribution in [1.82, 2.24) is 25.0 Å². The monoisotopic (exact) mass is 788 g/mol. The molecule has 1 aliphatic heterocycles. The van der Waals surface area contributed by atoms with Crippen LogP contribution in [0.2, 0.25) is 18.1 Å². The standard InChI is InChI=1S/C43H48N6O7Si/c1-42(2,3)57(6,7)56-37-36(50)34(55-41(37)49-39-35(47-48-49)38(44-27-45-39)46-40(51)28-14-10-8-11-15-28)26-54-43(29-16-12-9-13-17-29,30-18-22-32(52-4)23-19-30)31-20-24-33(53-5)25-21-31/h8-25,27,34,36-37,41,50H,26H2,1-7H3,(H,44,45,46,51)/t34-,36+,37-,41-/m1/s1. The minimum atomic E-state index is -2.52.